The molecule has 0 spiro atoms. The van der Waals surface area contributed by atoms with Crippen LogP contribution in [0.4, 0.5) is 0 Å². The van der Waals surface area contributed by atoms with Gasteiger partial charge in [0, 0.05) is 26.6 Å². The Labute approximate surface area is 202 Å². The van der Waals surface area contributed by atoms with Crippen LogP contribution in [-0.2, 0) is 23.0 Å². The maximum atomic E-state index is 12.5. The number of amides is 1. The molecule has 2 atom stereocenters. The molecule has 0 aliphatic carbocycles. The molecule has 1 aliphatic rings. The van der Waals surface area contributed by atoms with Gasteiger partial charge in [-0.25, -0.2) is 4.79 Å². The van der Waals surface area contributed by atoms with Crippen molar-refractivity contribution in [2.75, 3.05) is 19.7 Å². The molecular weight excluding hydrogens is 444 g/mol. The van der Waals surface area contributed by atoms with Crippen LogP contribution in [0.15, 0.2) is 63.8 Å². The van der Waals surface area contributed by atoms with E-state index in [-0.39, 0.29) is 11.7 Å². The third kappa shape index (κ3) is 4.83. The minimum Gasteiger partial charge on any atom is -0.408 e. The number of carbonyl (C=O) groups excluding carboxylic acids is 1. The van der Waals surface area contributed by atoms with Crippen LogP contribution in [0.3, 0.4) is 0 Å². The summed E-state index contributed by atoms with van der Waals surface area (Å²) in [7, 11) is 1.69. The zero-order valence-electron chi connectivity index (χ0n) is 19.4. The van der Waals surface area contributed by atoms with Crippen LogP contribution in [0.1, 0.15) is 12.0 Å². The van der Waals surface area contributed by atoms with Gasteiger partial charge in [-0.05, 0) is 58.6 Å². The second kappa shape index (κ2) is 9.74. The maximum absolute atomic E-state index is 12.5. The minimum absolute atomic E-state index is 0.261. The molecule has 0 bridgehead atoms. The molecule has 1 aromatic heterocycles. The van der Waals surface area contributed by atoms with Crippen molar-refractivity contribution in [1.29, 1.82) is 5.26 Å². The largest absolute Gasteiger partial charge is 0.419 e. The summed E-state index contributed by atoms with van der Waals surface area (Å²) in [4.78, 5) is 24.3. The molecule has 2 unspecified atom stereocenters. The average Bonchev–Trinajstić information content (AvgIpc) is 3.04. The van der Waals surface area contributed by atoms with Gasteiger partial charge in [-0.3, -0.25) is 9.36 Å². The van der Waals surface area contributed by atoms with Crippen molar-refractivity contribution in [3.8, 4) is 17.2 Å². The van der Waals surface area contributed by atoms with E-state index >= 15 is 0 Å². The summed E-state index contributed by atoms with van der Waals surface area (Å²) in [6.07, 6.45) is 0.694. The summed E-state index contributed by atoms with van der Waals surface area (Å²) in [6, 6.07) is 19.5. The van der Waals surface area contributed by atoms with Gasteiger partial charge in [0.1, 0.15) is 12.1 Å². The van der Waals surface area contributed by atoms with Crippen molar-refractivity contribution in [3.05, 3.63) is 70.7 Å². The number of hydrogen-bond acceptors (Lipinski definition) is 6. The lowest BCUT2D eigenvalue weighted by molar-refractivity contribution is -0.132. The summed E-state index contributed by atoms with van der Waals surface area (Å²) in [5.74, 6) is -0.642. The normalized spacial score (nSPS) is 17.1. The molecule has 35 heavy (non-hydrogen) atoms. The smallest absolute Gasteiger partial charge is 0.408 e. The molecule has 0 saturated carbocycles. The molecule has 1 amide bonds. The van der Waals surface area contributed by atoms with E-state index < -0.39 is 12.1 Å². The number of nitriles is 1. The number of benzene rings is 3. The van der Waals surface area contributed by atoms with Crippen molar-refractivity contribution in [3.63, 3.8) is 0 Å². The van der Waals surface area contributed by atoms with Gasteiger partial charge in [0.05, 0.1) is 11.6 Å². The fraction of sp³-hybridized carbons (Fsp3) is 0.296. The van der Waals surface area contributed by atoms with E-state index in [4.69, 9.17) is 9.15 Å². The van der Waals surface area contributed by atoms with Gasteiger partial charge in [-0.15, -0.1) is 0 Å². The van der Waals surface area contributed by atoms with E-state index in [0.29, 0.717) is 25.2 Å². The molecule has 2 N–H and O–H groups in total. The predicted molar refractivity (Wildman–Crippen MR) is 133 cm³/mol. The lowest BCUT2D eigenvalue weighted by Gasteiger charge is -2.18. The second-order valence-electron chi connectivity index (χ2n) is 8.82. The predicted octanol–water partition coefficient (Wildman–Crippen LogP) is 2.88. The second-order valence-corrected chi connectivity index (χ2v) is 8.82. The standard InChI is InChI=1S/C27H26N4O4/c1-31-23-14-21(7-8-24(23)35-27(31)33)20-6-5-18-11-17(3-4-19(18)13-20)12-22(15-28)30-26(32)25-16-29-9-2-10-34-25/h3-8,11,13-14,22,25,29H,2,9-10,12,16H2,1H3,(H,30,32). The van der Waals surface area contributed by atoms with Gasteiger partial charge in [0.2, 0.25) is 0 Å². The first-order valence-electron chi connectivity index (χ1n) is 11.7. The van der Waals surface area contributed by atoms with Crippen LogP contribution in [-0.4, -0.2) is 42.3 Å². The zero-order valence-corrected chi connectivity index (χ0v) is 19.4. The number of rotatable bonds is 5. The third-order valence-corrected chi connectivity index (χ3v) is 6.38. The van der Waals surface area contributed by atoms with Crippen molar-refractivity contribution >= 4 is 27.8 Å². The maximum Gasteiger partial charge on any atom is 0.419 e. The van der Waals surface area contributed by atoms with E-state index in [2.05, 4.69) is 22.8 Å². The third-order valence-electron chi connectivity index (χ3n) is 6.38. The van der Waals surface area contributed by atoms with Crippen molar-refractivity contribution < 1.29 is 13.9 Å². The number of nitrogens with zero attached hydrogens (tertiary/aromatic N) is 2. The Balaban J connectivity index is 1.33. The van der Waals surface area contributed by atoms with Crippen LogP contribution in [0.5, 0.6) is 0 Å². The molecule has 8 heteroatoms. The fourth-order valence-corrected chi connectivity index (χ4v) is 4.42. The summed E-state index contributed by atoms with van der Waals surface area (Å²) >= 11 is 0. The molecule has 1 fully saturated rings. The van der Waals surface area contributed by atoms with E-state index in [1.54, 1.807) is 7.05 Å². The Morgan fingerprint density at radius 2 is 1.94 bits per heavy atom. The Hall–Kier alpha value is -3.93. The first kappa shape index (κ1) is 22.8. The average molecular weight is 471 g/mol. The molecule has 1 aliphatic heterocycles. The number of aromatic nitrogens is 1. The fourth-order valence-electron chi connectivity index (χ4n) is 4.42. The van der Waals surface area contributed by atoms with Gasteiger partial charge < -0.3 is 19.8 Å². The summed E-state index contributed by atoms with van der Waals surface area (Å²) < 4.78 is 12.3. The Bertz CT molecular complexity index is 1490. The highest BCUT2D eigenvalue weighted by Crippen LogP contribution is 2.28. The van der Waals surface area contributed by atoms with Gasteiger partial charge >= 0.3 is 5.76 Å². The summed E-state index contributed by atoms with van der Waals surface area (Å²) in [6.45, 7) is 1.80. The van der Waals surface area contributed by atoms with E-state index in [9.17, 15) is 14.9 Å². The first-order valence-corrected chi connectivity index (χ1v) is 11.7. The van der Waals surface area contributed by atoms with Gasteiger partial charge in [-0.2, -0.15) is 5.26 Å². The minimum atomic E-state index is -0.639. The van der Waals surface area contributed by atoms with Crippen LogP contribution in [0, 0.1) is 11.3 Å². The monoisotopic (exact) mass is 470 g/mol. The van der Waals surface area contributed by atoms with Gasteiger partial charge in [-0.1, -0.05) is 36.4 Å². The molecular formula is C27H26N4O4. The summed E-state index contributed by atoms with van der Waals surface area (Å²) in [5, 5.41) is 17.7. The summed E-state index contributed by atoms with van der Waals surface area (Å²) in [5.41, 5.74) is 4.29. The molecule has 3 aromatic carbocycles. The van der Waals surface area contributed by atoms with Crippen LogP contribution < -0.4 is 16.4 Å². The number of aryl methyl sites for hydroxylation is 1. The number of nitrogens with one attached hydrogen (secondary N) is 2. The van der Waals surface area contributed by atoms with E-state index in [1.807, 2.05) is 48.5 Å². The molecule has 5 rings (SSSR count). The zero-order chi connectivity index (χ0) is 24.4. The SMILES string of the molecule is Cn1c(=O)oc2ccc(-c3ccc4cc(CC(C#N)NC(=O)C5CNCCCO5)ccc4c3)cc21. The highest BCUT2D eigenvalue weighted by atomic mass is 16.5. The highest BCUT2D eigenvalue weighted by Gasteiger charge is 2.23. The van der Waals surface area contributed by atoms with Crippen LogP contribution >= 0.6 is 0 Å². The lowest BCUT2D eigenvalue weighted by atomic mass is 9.98. The van der Waals surface area contributed by atoms with E-state index in [1.165, 1.54) is 4.57 Å². The van der Waals surface area contributed by atoms with Crippen molar-refractivity contribution in [1.82, 2.24) is 15.2 Å². The lowest BCUT2D eigenvalue weighted by Crippen LogP contribution is -2.46. The molecule has 0 radical (unpaired) electrons. The first-order chi connectivity index (χ1) is 17.0. The Morgan fingerprint density at radius 1 is 1.17 bits per heavy atom. The molecule has 1 saturated heterocycles. The molecule has 4 aromatic rings. The van der Waals surface area contributed by atoms with Crippen LogP contribution in [0.2, 0.25) is 0 Å². The number of fused-ring (bicyclic) bond motifs is 2. The Kier molecular flexibility index (Phi) is 6.36. The van der Waals surface area contributed by atoms with Crippen molar-refractivity contribution in [2.24, 2.45) is 7.05 Å². The van der Waals surface area contributed by atoms with Gasteiger partial charge in [0.25, 0.3) is 5.91 Å². The molecule has 8 nitrogen and oxygen atoms in total. The molecule has 178 valence electrons. The number of ether oxygens (including phenoxy) is 1. The topological polar surface area (TPSA) is 109 Å². The van der Waals surface area contributed by atoms with E-state index in [0.717, 1.165) is 45.9 Å². The quantitative estimate of drug-likeness (QED) is 0.464. The number of hydrogen-bond donors (Lipinski definition) is 2. The van der Waals surface area contributed by atoms with Crippen molar-refractivity contribution in [2.45, 2.75) is 25.0 Å². The Morgan fingerprint density at radius 3 is 2.80 bits per heavy atom. The number of carbonyl (C=O) groups is 1. The molecule has 2 heterocycles. The van der Waals surface area contributed by atoms with Gasteiger partial charge in [0.15, 0.2) is 5.58 Å². The highest BCUT2D eigenvalue weighted by molar-refractivity contribution is 5.89. The van der Waals surface area contributed by atoms with Crippen LogP contribution in [0.25, 0.3) is 33.0 Å². The number of oxazole rings is 1.